The minimum Gasteiger partial charge on any atom is -0.340 e. The van der Waals surface area contributed by atoms with Crippen LogP contribution in [0.3, 0.4) is 0 Å². The molecule has 1 aliphatic heterocycles. The van der Waals surface area contributed by atoms with E-state index in [1.54, 1.807) is 0 Å². The predicted octanol–water partition coefficient (Wildman–Crippen LogP) is 0.559. The molecular formula is C9H18N2O. The average Bonchev–Trinajstić information content (AvgIpc) is 2.08. The van der Waals surface area contributed by atoms with Gasteiger partial charge in [0, 0.05) is 32.1 Å². The highest BCUT2D eigenvalue weighted by atomic mass is 16.2. The largest absolute Gasteiger partial charge is 0.340 e. The maximum Gasteiger partial charge on any atom is 0.222 e. The summed E-state index contributed by atoms with van der Waals surface area (Å²) in [6.07, 6.45) is 0.635. The molecule has 0 bridgehead atoms. The molecule has 0 aliphatic carbocycles. The van der Waals surface area contributed by atoms with Gasteiger partial charge in [0.2, 0.25) is 5.91 Å². The monoisotopic (exact) mass is 170 g/mol. The lowest BCUT2D eigenvalue weighted by Crippen LogP contribution is -2.51. The number of likely N-dealkylation sites (N-methyl/N-ethyl adjacent to an activating group) is 1. The first-order valence-corrected chi connectivity index (χ1v) is 4.63. The number of piperazine rings is 1. The van der Waals surface area contributed by atoms with Gasteiger partial charge < -0.3 is 9.80 Å². The zero-order chi connectivity index (χ0) is 9.14. The van der Waals surface area contributed by atoms with Gasteiger partial charge >= 0.3 is 0 Å². The number of rotatable bonds is 1. The predicted molar refractivity (Wildman–Crippen MR) is 49.0 cm³/mol. The van der Waals surface area contributed by atoms with E-state index in [1.165, 1.54) is 0 Å². The Morgan fingerprint density at radius 1 is 1.50 bits per heavy atom. The van der Waals surface area contributed by atoms with Crippen molar-refractivity contribution in [3.8, 4) is 0 Å². The van der Waals surface area contributed by atoms with E-state index in [0.29, 0.717) is 12.5 Å². The van der Waals surface area contributed by atoms with E-state index in [4.69, 9.17) is 0 Å². The molecule has 0 saturated carbocycles. The fraction of sp³-hybridized carbons (Fsp3) is 0.889. The molecule has 1 atom stereocenters. The van der Waals surface area contributed by atoms with Gasteiger partial charge in [-0.15, -0.1) is 0 Å². The highest BCUT2D eigenvalue weighted by Gasteiger charge is 2.22. The third kappa shape index (κ3) is 1.97. The van der Waals surface area contributed by atoms with Crippen LogP contribution in [0, 0.1) is 0 Å². The maximum atomic E-state index is 11.3. The van der Waals surface area contributed by atoms with Gasteiger partial charge in [-0.2, -0.15) is 0 Å². The lowest BCUT2D eigenvalue weighted by molar-refractivity contribution is -0.133. The summed E-state index contributed by atoms with van der Waals surface area (Å²) in [5.74, 6) is 0.287. The van der Waals surface area contributed by atoms with Crippen molar-refractivity contribution in [1.82, 2.24) is 9.80 Å². The molecule has 1 amide bonds. The van der Waals surface area contributed by atoms with E-state index in [0.717, 1.165) is 19.6 Å². The number of carbonyl (C=O) groups is 1. The van der Waals surface area contributed by atoms with Crippen LogP contribution in [0.15, 0.2) is 0 Å². The van der Waals surface area contributed by atoms with Crippen LogP contribution in [0.25, 0.3) is 0 Å². The Morgan fingerprint density at radius 2 is 2.17 bits per heavy atom. The number of hydrogen-bond acceptors (Lipinski definition) is 2. The van der Waals surface area contributed by atoms with Crippen LogP contribution >= 0.6 is 0 Å². The summed E-state index contributed by atoms with van der Waals surface area (Å²) < 4.78 is 0. The van der Waals surface area contributed by atoms with Crippen LogP contribution in [0.1, 0.15) is 20.3 Å². The SMILES string of the molecule is CCC(=O)N1CCN(C)C(C)C1. The van der Waals surface area contributed by atoms with E-state index in [1.807, 2.05) is 11.8 Å². The molecule has 3 heteroatoms. The quantitative estimate of drug-likeness (QED) is 0.574. The molecule has 0 aromatic heterocycles. The van der Waals surface area contributed by atoms with Crippen molar-refractivity contribution in [2.45, 2.75) is 26.3 Å². The van der Waals surface area contributed by atoms with Crippen LogP contribution in [0.4, 0.5) is 0 Å². The zero-order valence-corrected chi connectivity index (χ0v) is 8.21. The molecule has 0 radical (unpaired) electrons. The van der Waals surface area contributed by atoms with Gasteiger partial charge in [0.1, 0.15) is 0 Å². The van der Waals surface area contributed by atoms with Crippen molar-refractivity contribution < 1.29 is 4.79 Å². The summed E-state index contributed by atoms with van der Waals surface area (Å²) in [4.78, 5) is 15.6. The summed E-state index contributed by atoms with van der Waals surface area (Å²) in [5, 5.41) is 0. The third-order valence-electron chi connectivity index (χ3n) is 2.61. The summed E-state index contributed by atoms with van der Waals surface area (Å²) >= 11 is 0. The van der Waals surface area contributed by atoms with Gasteiger partial charge in [-0.3, -0.25) is 4.79 Å². The smallest absolute Gasteiger partial charge is 0.222 e. The molecule has 0 aromatic rings. The third-order valence-corrected chi connectivity index (χ3v) is 2.61. The van der Waals surface area contributed by atoms with Gasteiger partial charge in [0.25, 0.3) is 0 Å². The van der Waals surface area contributed by atoms with Gasteiger partial charge in [-0.25, -0.2) is 0 Å². The van der Waals surface area contributed by atoms with Crippen molar-refractivity contribution in [2.75, 3.05) is 26.7 Å². The summed E-state index contributed by atoms with van der Waals surface area (Å²) in [6.45, 7) is 6.88. The Labute approximate surface area is 74.3 Å². The van der Waals surface area contributed by atoms with E-state index in [-0.39, 0.29) is 5.91 Å². The number of hydrogen-bond donors (Lipinski definition) is 0. The fourth-order valence-corrected chi connectivity index (χ4v) is 1.50. The Bertz CT molecular complexity index is 170. The molecule has 0 aromatic carbocycles. The second-order valence-corrected chi connectivity index (χ2v) is 3.52. The molecule has 1 rings (SSSR count). The summed E-state index contributed by atoms with van der Waals surface area (Å²) in [7, 11) is 2.11. The first-order valence-electron chi connectivity index (χ1n) is 4.63. The average molecular weight is 170 g/mol. The molecule has 0 N–H and O–H groups in total. The summed E-state index contributed by atoms with van der Waals surface area (Å²) in [5.41, 5.74) is 0. The number of carbonyl (C=O) groups excluding carboxylic acids is 1. The Hall–Kier alpha value is -0.570. The highest BCUT2D eigenvalue weighted by molar-refractivity contribution is 5.75. The van der Waals surface area contributed by atoms with Crippen molar-refractivity contribution >= 4 is 5.91 Å². The van der Waals surface area contributed by atoms with Gasteiger partial charge in [-0.1, -0.05) is 6.92 Å². The second-order valence-electron chi connectivity index (χ2n) is 3.52. The number of amides is 1. The Balaban J connectivity index is 2.45. The van der Waals surface area contributed by atoms with Gasteiger partial charge in [0.15, 0.2) is 0 Å². The minimum atomic E-state index is 0.287. The summed E-state index contributed by atoms with van der Waals surface area (Å²) in [6, 6.07) is 0.509. The molecule has 1 aliphatic rings. The normalized spacial score (nSPS) is 25.9. The van der Waals surface area contributed by atoms with E-state index in [9.17, 15) is 4.79 Å². The highest BCUT2D eigenvalue weighted by Crippen LogP contribution is 2.07. The topological polar surface area (TPSA) is 23.6 Å². The van der Waals surface area contributed by atoms with E-state index in [2.05, 4.69) is 18.9 Å². The van der Waals surface area contributed by atoms with Gasteiger partial charge in [-0.05, 0) is 14.0 Å². The Morgan fingerprint density at radius 3 is 2.67 bits per heavy atom. The lowest BCUT2D eigenvalue weighted by atomic mass is 10.2. The molecule has 70 valence electrons. The molecule has 1 heterocycles. The molecule has 1 unspecified atom stereocenters. The fourth-order valence-electron chi connectivity index (χ4n) is 1.50. The van der Waals surface area contributed by atoms with E-state index >= 15 is 0 Å². The molecule has 1 fully saturated rings. The first kappa shape index (κ1) is 9.52. The van der Waals surface area contributed by atoms with Crippen LogP contribution in [0.2, 0.25) is 0 Å². The molecule has 0 spiro atoms. The van der Waals surface area contributed by atoms with Crippen molar-refractivity contribution in [3.05, 3.63) is 0 Å². The molecular weight excluding hydrogens is 152 g/mol. The van der Waals surface area contributed by atoms with Crippen LogP contribution < -0.4 is 0 Å². The standard InChI is InChI=1S/C9H18N2O/c1-4-9(12)11-6-5-10(3)8(2)7-11/h8H,4-7H2,1-3H3. The first-order chi connectivity index (χ1) is 5.65. The van der Waals surface area contributed by atoms with Crippen LogP contribution in [-0.2, 0) is 4.79 Å². The van der Waals surface area contributed by atoms with Crippen molar-refractivity contribution in [2.24, 2.45) is 0 Å². The van der Waals surface area contributed by atoms with Crippen molar-refractivity contribution in [1.29, 1.82) is 0 Å². The van der Waals surface area contributed by atoms with Gasteiger partial charge in [0.05, 0.1) is 0 Å². The van der Waals surface area contributed by atoms with Crippen LogP contribution in [0.5, 0.6) is 0 Å². The molecule has 3 nitrogen and oxygen atoms in total. The molecule has 12 heavy (non-hydrogen) atoms. The molecule has 1 saturated heterocycles. The Kier molecular flexibility index (Phi) is 3.09. The maximum absolute atomic E-state index is 11.3. The van der Waals surface area contributed by atoms with Crippen LogP contribution in [-0.4, -0.2) is 48.4 Å². The van der Waals surface area contributed by atoms with Crippen molar-refractivity contribution in [3.63, 3.8) is 0 Å². The number of nitrogens with zero attached hydrogens (tertiary/aromatic N) is 2. The van der Waals surface area contributed by atoms with E-state index < -0.39 is 0 Å². The minimum absolute atomic E-state index is 0.287. The second kappa shape index (κ2) is 3.90. The lowest BCUT2D eigenvalue weighted by Gasteiger charge is -2.37. The zero-order valence-electron chi connectivity index (χ0n) is 8.21.